The Labute approximate surface area is 66.7 Å². The molecule has 1 rings (SSSR count). The van der Waals surface area contributed by atoms with E-state index >= 15 is 0 Å². The Balaban J connectivity index is 2.51. The van der Waals surface area contributed by atoms with Crippen molar-refractivity contribution in [3.63, 3.8) is 0 Å². The van der Waals surface area contributed by atoms with Gasteiger partial charge in [0.2, 0.25) is 0 Å². The largest absolute Gasteiger partial charge is 0.275 e. The summed E-state index contributed by atoms with van der Waals surface area (Å²) in [6.45, 7) is 5.34. The summed E-state index contributed by atoms with van der Waals surface area (Å²) < 4.78 is 0. The highest BCUT2D eigenvalue weighted by Gasteiger charge is 2.19. The first-order valence-corrected chi connectivity index (χ1v) is 4.50. The molecular weight excluding hydrogens is 144 g/mol. The van der Waals surface area contributed by atoms with Crippen molar-refractivity contribution in [3.05, 3.63) is 0 Å². The molecule has 0 aromatic rings. The number of hydrogen-bond acceptors (Lipinski definition) is 3. The minimum Gasteiger partial charge on any atom is -0.275 e. The highest BCUT2D eigenvalue weighted by Crippen LogP contribution is 2.22. The summed E-state index contributed by atoms with van der Waals surface area (Å²) in [5, 5.41) is 0.623. The van der Waals surface area contributed by atoms with Crippen LogP contribution in [0.3, 0.4) is 0 Å². The third-order valence-electron chi connectivity index (χ3n) is 1.58. The molecule has 0 fully saturated rings. The molecule has 0 saturated heterocycles. The van der Waals surface area contributed by atoms with Gasteiger partial charge in [0.05, 0.1) is 17.6 Å². The predicted octanol–water partition coefficient (Wildman–Crippen LogP) is 1.63. The zero-order chi connectivity index (χ0) is 7.56. The maximum Gasteiger partial charge on any atom is 0.0922 e. The SMILES string of the molecule is CC(C)C1SC=NCN1C. The molecule has 0 radical (unpaired) electrons. The van der Waals surface area contributed by atoms with Gasteiger partial charge in [-0.2, -0.15) is 0 Å². The Morgan fingerprint density at radius 3 is 2.80 bits per heavy atom. The molecule has 0 bridgehead atoms. The van der Waals surface area contributed by atoms with Gasteiger partial charge >= 0.3 is 0 Å². The smallest absolute Gasteiger partial charge is 0.0922 e. The zero-order valence-electron chi connectivity index (χ0n) is 6.74. The molecule has 3 heteroatoms. The van der Waals surface area contributed by atoms with Crippen LogP contribution in [0, 0.1) is 5.92 Å². The van der Waals surface area contributed by atoms with Crippen LogP contribution in [0.2, 0.25) is 0 Å². The lowest BCUT2D eigenvalue weighted by atomic mass is 10.2. The van der Waals surface area contributed by atoms with E-state index in [1.54, 1.807) is 0 Å². The van der Waals surface area contributed by atoms with E-state index in [1.807, 2.05) is 17.3 Å². The van der Waals surface area contributed by atoms with Crippen LogP contribution < -0.4 is 0 Å². The number of thioether (sulfide) groups is 1. The van der Waals surface area contributed by atoms with Crippen molar-refractivity contribution in [2.45, 2.75) is 19.2 Å². The van der Waals surface area contributed by atoms with Gasteiger partial charge in [-0.15, -0.1) is 0 Å². The van der Waals surface area contributed by atoms with Crippen LogP contribution in [0.5, 0.6) is 0 Å². The first-order chi connectivity index (χ1) is 4.72. The summed E-state index contributed by atoms with van der Waals surface area (Å²) >= 11 is 1.81. The van der Waals surface area contributed by atoms with Crippen molar-refractivity contribution >= 4 is 17.3 Å². The maximum absolute atomic E-state index is 4.15. The van der Waals surface area contributed by atoms with E-state index in [1.165, 1.54) is 0 Å². The van der Waals surface area contributed by atoms with E-state index < -0.39 is 0 Å². The average Bonchev–Trinajstić information content (AvgIpc) is 1.88. The lowest BCUT2D eigenvalue weighted by Gasteiger charge is -2.30. The molecule has 0 aliphatic carbocycles. The first-order valence-electron chi connectivity index (χ1n) is 3.56. The fourth-order valence-corrected chi connectivity index (χ4v) is 1.98. The van der Waals surface area contributed by atoms with E-state index in [0.29, 0.717) is 11.3 Å². The monoisotopic (exact) mass is 158 g/mol. The van der Waals surface area contributed by atoms with Crippen LogP contribution in [0.25, 0.3) is 0 Å². The summed E-state index contributed by atoms with van der Waals surface area (Å²) in [6, 6.07) is 0. The molecule has 0 amide bonds. The van der Waals surface area contributed by atoms with Crippen LogP contribution in [0.4, 0.5) is 0 Å². The lowest BCUT2D eigenvalue weighted by molar-refractivity contribution is 0.273. The first kappa shape index (κ1) is 8.08. The molecule has 0 aromatic carbocycles. The van der Waals surface area contributed by atoms with Gasteiger partial charge in [0.1, 0.15) is 0 Å². The Kier molecular flexibility index (Phi) is 2.74. The van der Waals surface area contributed by atoms with Gasteiger partial charge in [-0.05, 0) is 13.0 Å². The standard InChI is InChI=1S/C7H14N2S/c1-6(2)7-9(3)4-8-5-10-7/h5-7H,4H2,1-3H3. The Bertz CT molecular complexity index is 134. The van der Waals surface area contributed by atoms with Crippen LogP contribution in [0.15, 0.2) is 4.99 Å². The predicted molar refractivity (Wildman–Crippen MR) is 47.3 cm³/mol. The highest BCUT2D eigenvalue weighted by atomic mass is 32.2. The van der Waals surface area contributed by atoms with Crippen LogP contribution in [-0.2, 0) is 0 Å². The van der Waals surface area contributed by atoms with Gasteiger partial charge in [-0.1, -0.05) is 25.6 Å². The fourth-order valence-electron chi connectivity index (χ4n) is 1.12. The van der Waals surface area contributed by atoms with Gasteiger partial charge in [-0.3, -0.25) is 9.89 Å². The van der Waals surface area contributed by atoms with Crippen molar-refractivity contribution in [1.82, 2.24) is 4.90 Å². The second kappa shape index (κ2) is 3.39. The molecule has 1 heterocycles. The van der Waals surface area contributed by atoms with Gasteiger partial charge in [0, 0.05) is 0 Å². The topological polar surface area (TPSA) is 15.6 Å². The van der Waals surface area contributed by atoms with Crippen LogP contribution in [-0.4, -0.2) is 29.5 Å². The molecule has 1 aliphatic heterocycles. The van der Waals surface area contributed by atoms with E-state index in [0.717, 1.165) is 6.67 Å². The molecular formula is C7H14N2S. The summed E-state index contributed by atoms with van der Waals surface area (Å²) in [5.74, 6) is 0.710. The molecule has 10 heavy (non-hydrogen) atoms. The Morgan fingerprint density at radius 1 is 1.70 bits per heavy atom. The minimum atomic E-state index is 0.623. The Morgan fingerprint density at radius 2 is 2.40 bits per heavy atom. The quantitative estimate of drug-likeness (QED) is 0.576. The molecule has 0 spiro atoms. The van der Waals surface area contributed by atoms with Crippen molar-refractivity contribution < 1.29 is 0 Å². The van der Waals surface area contributed by atoms with Crippen molar-refractivity contribution in [2.24, 2.45) is 10.9 Å². The molecule has 1 atom stereocenters. The molecule has 0 aromatic heterocycles. The molecule has 58 valence electrons. The molecule has 1 unspecified atom stereocenters. The van der Waals surface area contributed by atoms with Gasteiger partial charge < -0.3 is 0 Å². The van der Waals surface area contributed by atoms with Crippen LogP contribution in [0.1, 0.15) is 13.8 Å². The Hall–Kier alpha value is -0.0200. The number of nitrogens with zero attached hydrogens (tertiary/aromatic N) is 2. The molecule has 0 saturated carbocycles. The number of rotatable bonds is 1. The lowest BCUT2D eigenvalue weighted by Crippen LogP contribution is -2.35. The normalized spacial score (nSPS) is 27.8. The molecule has 2 nitrogen and oxygen atoms in total. The fraction of sp³-hybridized carbons (Fsp3) is 0.857. The summed E-state index contributed by atoms with van der Waals surface area (Å²) in [6.07, 6.45) is 0. The second-order valence-corrected chi connectivity index (χ2v) is 3.92. The summed E-state index contributed by atoms with van der Waals surface area (Å²) in [7, 11) is 2.12. The maximum atomic E-state index is 4.15. The van der Waals surface area contributed by atoms with Gasteiger partial charge in [0.15, 0.2) is 0 Å². The average molecular weight is 158 g/mol. The molecule has 0 N–H and O–H groups in total. The van der Waals surface area contributed by atoms with Crippen LogP contribution >= 0.6 is 11.8 Å². The van der Waals surface area contributed by atoms with Gasteiger partial charge in [0.25, 0.3) is 0 Å². The highest BCUT2D eigenvalue weighted by molar-refractivity contribution is 8.12. The zero-order valence-corrected chi connectivity index (χ0v) is 7.56. The van der Waals surface area contributed by atoms with E-state index in [9.17, 15) is 0 Å². The third-order valence-corrected chi connectivity index (χ3v) is 3.04. The van der Waals surface area contributed by atoms with Crippen molar-refractivity contribution in [2.75, 3.05) is 13.7 Å². The van der Waals surface area contributed by atoms with Gasteiger partial charge in [-0.25, -0.2) is 0 Å². The third kappa shape index (κ3) is 1.73. The minimum absolute atomic E-state index is 0.623. The number of hydrogen-bond donors (Lipinski definition) is 0. The van der Waals surface area contributed by atoms with E-state index in [-0.39, 0.29) is 0 Å². The van der Waals surface area contributed by atoms with E-state index in [2.05, 4.69) is 30.8 Å². The van der Waals surface area contributed by atoms with Crippen molar-refractivity contribution in [3.8, 4) is 0 Å². The second-order valence-electron chi connectivity index (χ2n) is 2.96. The number of aliphatic imine (C=N–C) groups is 1. The summed E-state index contributed by atoms with van der Waals surface area (Å²) in [5.41, 5.74) is 1.96. The van der Waals surface area contributed by atoms with Crippen molar-refractivity contribution in [1.29, 1.82) is 0 Å². The molecule has 1 aliphatic rings. The summed E-state index contributed by atoms with van der Waals surface area (Å²) in [4.78, 5) is 6.43. The van der Waals surface area contributed by atoms with E-state index in [4.69, 9.17) is 0 Å².